The van der Waals surface area contributed by atoms with Crippen LogP contribution in [0.2, 0.25) is 0 Å². The van der Waals surface area contributed by atoms with Crippen LogP contribution in [0.3, 0.4) is 0 Å². The lowest BCUT2D eigenvalue weighted by molar-refractivity contribution is 0.270. The predicted octanol–water partition coefficient (Wildman–Crippen LogP) is 0.516. The summed E-state index contributed by atoms with van der Waals surface area (Å²) in [4.78, 5) is 0. The number of benzene rings is 1. The monoisotopic (exact) mass is 230 g/mol. The van der Waals surface area contributed by atoms with Gasteiger partial charge in [0.2, 0.25) is 0 Å². The van der Waals surface area contributed by atoms with Crippen LogP contribution in [0.15, 0.2) is 24.4 Å². The fourth-order valence-corrected chi connectivity index (χ4v) is 2.33. The molecular weight excluding hydrogens is 215 g/mol. The van der Waals surface area contributed by atoms with E-state index in [-0.39, 0.29) is 0 Å². The van der Waals surface area contributed by atoms with Crippen LogP contribution in [-0.4, -0.2) is 26.9 Å². The normalized spacial score (nSPS) is 16.1. The van der Waals surface area contributed by atoms with Gasteiger partial charge in [0.25, 0.3) is 0 Å². The van der Waals surface area contributed by atoms with Gasteiger partial charge in [0.15, 0.2) is 0 Å². The lowest BCUT2D eigenvalue weighted by Gasteiger charge is -2.25. The van der Waals surface area contributed by atoms with Crippen molar-refractivity contribution in [2.24, 2.45) is 5.92 Å². The van der Waals surface area contributed by atoms with Crippen LogP contribution in [0.5, 0.6) is 0 Å². The first-order chi connectivity index (χ1) is 8.24. The van der Waals surface area contributed by atoms with E-state index in [9.17, 15) is 0 Å². The molecule has 0 atom stereocenters. The van der Waals surface area contributed by atoms with Crippen LogP contribution in [-0.2, 0) is 6.54 Å². The van der Waals surface area contributed by atoms with E-state index in [4.69, 9.17) is 10.0 Å². The van der Waals surface area contributed by atoms with Gasteiger partial charge in [-0.05, 0) is 30.3 Å². The van der Waals surface area contributed by atoms with E-state index in [0.29, 0.717) is 5.46 Å². The lowest BCUT2D eigenvalue weighted by atomic mass is 9.80. The highest BCUT2D eigenvalue weighted by Gasteiger charge is 2.19. The van der Waals surface area contributed by atoms with Crippen LogP contribution in [0.4, 0.5) is 0 Å². The van der Waals surface area contributed by atoms with Gasteiger partial charge in [-0.25, -0.2) is 0 Å². The van der Waals surface area contributed by atoms with E-state index >= 15 is 0 Å². The van der Waals surface area contributed by atoms with Crippen molar-refractivity contribution in [2.45, 2.75) is 25.8 Å². The zero-order valence-electron chi connectivity index (χ0n) is 9.58. The molecule has 17 heavy (non-hydrogen) atoms. The van der Waals surface area contributed by atoms with Gasteiger partial charge < -0.3 is 10.0 Å². The number of aromatic nitrogens is 2. The molecule has 0 amide bonds. The van der Waals surface area contributed by atoms with Crippen LogP contribution in [0.1, 0.15) is 19.3 Å². The number of hydrogen-bond acceptors (Lipinski definition) is 3. The molecule has 0 saturated heterocycles. The van der Waals surface area contributed by atoms with Crippen molar-refractivity contribution in [1.82, 2.24) is 9.78 Å². The summed E-state index contributed by atoms with van der Waals surface area (Å²) >= 11 is 0. The standard InChI is InChI=1S/C12H15BN2O2/c16-13(17)11-4-5-12-10(6-11)7-14-15(12)8-9-2-1-3-9/h4-7,9,16-17H,1-3,8H2. The second kappa shape index (κ2) is 4.16. The van der Waals surface area contributed by atoms with Crippen molar-refractivity contribution >= 4 is 23.5 Å². The van der Waals surface area contributed by atoms with Gasteiger partial charge in [-0.2, -0.15) is 5.10 Å². The summed E-state index contributed by atoms with van der Waals surface area (Å²) in [5, 5.41) is 23.6. The molecule has 1 aromatic carbocycles. The Morgan fingerprint density at radius 3 is 2.82 bits per heavy atom. The molecule has 1 aliphatic carbocycles. The highest BCUT2D eigenvalue weighted by atomic mass is 16.4. The van der Waals surface area contributed by atoms with Gasteiger partial charge in [-0.15, -0.1) is 0 Å². The zero-order chi connectivity index (χ0) is 11.8. The summed E-state index contributed by atoms with van der Waals surface area (Å²) in [6.45, 7) is 0.977. The number of rotatable bonds is 3. The molecule has 5 heteroatoms. The van der Waals surface area contributed by atoms with Crippen LogP contribution >= 0.6 is 0 Å². The van der Waals surface area contributed by atoms with E-state index in [0.717, 1.165) is 23.4 Å². The molecule has 88 valence electrons. The maximum absolute atomic E-state index is 9.11. The molecule has 0 aliphatic heterocycles. The Balaban J connectivity index is 1.92. The van der Waals surface area contributed by atoms with E-state index in [2.05, 4.69) is 5.10 Å². The van der Waals surface area contributed by atoms with Crippen molar-refractivity contribution in [3.63, 3.8) is 0 Å². The Bertz CT molecular complexity index is 534. The summed E-state index contributed by atoms with van der Waals surface area (Å²) < 4.78 is 2.02. The largest absolute Gasteiger partial charge is 0.488 e. The molecule has 2 N–H and O–H groups in total. The average molecular weight is 230 g/mol. The summed E-state index contributed by atoms with van der Waals surface area (Å²) in [5.74, 6) is 0.765. The number of fused-ring (bicyclic) bond motifs is 1. The topological polar surface area (TPSA) is 58.3 Å². The first kappa shape index (κ1) is 10.8. The lowest BCUT2D eigenvalue weighted by Crippen LogP contribution is -2.29. The van der Waals surface area contributed by atoms with E-state index in [1.54, 1.807) is 18.3 Å². The minimum atomic E-state index is -1.41. The van der Waals surface area contributed by atoms with E-state index < -0.39 is 7.12 Å². The molecule has 1 fully saturated rings. The molecule has 1 heterocycles. The minimum Gasteiger partial charge on any atom is -0.423 e. The van der Waals surface area contributed by atoms with Gasteiger partial charge in [0.05, 0.1) is 11.7 Å². The molecule has 1 aliphatic rings. The average Bonchev–Trinajstić information content (AvgIpc) is 2.65. The summed E-state index contributed by atoms with van der Waals surface area (Å²) in [6, 6.07) is 5.44. The van der Waals surface area contributed by atoms with E-state index in [1.807, 2.05) is 10.7 Å². The molecule has 0 unspecified atom stereocenters. The van der Waals surface area contributed by atoms with Gasteiger partial charge in [-0.1, -0.05) is 18.6 Å². The molecule has 0 radical (unpaired) electrons. The Kier molecular flexibility index (Phi) is 2.65. The van der Waals surface area contributed by atoms with Gasteiger partial charge in [-0.3, -0.25) is 4.68 Å². The molecule has 3 rings (SSSR count). The Morgan fingerprint density at radius 1 is 1.35 bits per heavy atom. The van der Waals surface area contributed by atoms with Crippen LogP contribution < -0.4 is 5.46 Å². The van der Waals surface area contributed by atoms with E-state index in [1.165, 1.54) is 19.3 Å². The van der Waals surface area contributed by atoms with Gasteiger partial charge in [0.1, 0.15) is 0 Å². The Hall–Kier alpha value is -1.33. The molecule has 1 aromatic heterocycles. The second-order valence-corrected chi connectivity index (χ2v) is 4.82. The highest BCUT2D eigenvalue weighted by Crippen LogP contribution is 2.28. The third-order valence-electron chi connectivity index (χ3n) is 3.62. The molecule has 1 saturated carbocycles. The summed E-state index contributed by atoms with van der Waals surface area (Å²) in [6.07, 6.45) is 5.73. The second-order valence-electron chi connectivity index (χ2n) is 4.82. The Morgan fingerprint density at radius 2 is 2.18 bits per heavy atom. The minimum absolute atomic E-state index is 0.515. The third kappa shape index (κ3) is 1.96. The molecular formula is C12H15BN2O2. The first-order valence-electron chi connectivity index (χ1n) is 6.05. The predicted molar refractivity (Wildman–Crippen MR) is 66.9 cm³/mol. The van der Waals surface area contributed by atoms with Crippen LogP contribution in [0.25, 0.3) is 10.9 Å². The van der Waals surface area contributed by atoms with Gasteiger partial charge in [0, 0.05) is 11.9 Å². The summed E-state index contributed by atoms with van der Waals surface area (Å²) in [7, 11) is -1.41. The zero-order valence-corrected chi connectivity index (χ0v) is 9.58. The van der Waals surface area contributed by atoms with Crippen molar-refractivity contribution < 1.29 is 10.0 Å². The summed E-state index contributed by atoms with van der Waals surface area (Å²) in [5.41, 5.74) is 1.59. The van der Waals surface area contributed by atoms with Crippen molar-refractivity contribution in [3.8, 4) is 0 Å². The first-order valence-corrected chi connectivity index (χ1v) is 6.05. The third-order valence-corrected chi connectivity index (χ3v) is 3.62. The van der Waals surface area contributed by atoms with Crippen molar-refractivity contribution in [1.29, 1.82) is 0 Å². The maximum atomic E-state index is 9.11. The van der Waals surface area contributed by atoms with Crippen LogP contribution in [0, 0.1) is 5.92 Å². The smallest absolute Gasteiger partial charge is 0.423 e. The Labute approximate surface area is 100 Å². The highest BCUT2D eigenvalue weighted by molar-refractivity contribution is 6.58. The molecule has 0 spiro atoms. The number of nitrogens with zero attached hydrogens (tertiary/aromatic N) is 2. The van der Waals surface area contributed by atoms with Crippen molar-refractivity contribution in [2.75, 3.05) is 0 Å². The molecule has 2 aromatic rings. The molecule has 4 nitrogen and oxygen atoms in total. The SMILES string of the molecule is OB(O)c1ccc2c(cnn2CC2CCC2)c1. The van der Waals surface area contributed by atoms with Crippen molar-refractivity contribution in [3.05, 3.63) is 24.4 Å². The van der Waals surface area contributed by atoms with Gasteiger partial charge >= 0.3 is 7.12 Å². The quantitative estimate of drug-likeness (QED) is 0.755. The molecule has 0 bridgehead atoms. The fraction of sp³-hybridized carbons (Fsp3) is 0.417. The number of hydrogen-bond donors (Lipinski definition) is 2. The maximum Gasteiger partial charge on any atom is 0.488 e. The fourth-order valence-electron chi connectivity index (χ4n) is 2.33.